The third kappa shape index (κ3) is 4.18. The van der Waals surface area contributed by atoms with Gasteiger partial charge in [-0.05, 0) is 41.1 Å². The van der Waals surface area contributed by atoms with E-state index in [4.69, 9.17) is 0 Å². The number of fused-ring (bicyclic) bond motifs is 1. The van der Waals surface area contributed by atoms with Crippen LogP contribution < -0.4 is 9.62 Å². The molecule has 0 atom stereocenters. The van der Waals surface area contributed by atoms with E-state index in [1.807, 2.05) is 30.3 Å². The third-order valence-electron chi connectivity index (χ3n) is 3.82. The van der Waals surface area contributed by atoms with E-state index < -0.39 is 28.3 Å². The van der Waals surface area contributed by atoms with Crippen molar-refractivity contribution in [1.29, 1.82) is 0 Å². The van der Waals surface area contributed by atoms with Gasteiger partial charge in [0.05, 0.1) is 11.9 Å². The number of carbonyl (C=O) groups excluding carboxylic acids is 1. The molecule has 0 heterocycles. The van der Waals surface area contributed by atoms with Gasteiger partial charge in [-0.25, -0.2) is 12.8 Å². The lowest BCUT2D eigenvalue weighted by Gasteiger charge is -2.22. The van der Waals surface area contributed by atoms with Crippen molar-refractivity contribution in [3.8, 4) is 0 Å². The van der Waals surface area contributed by atoms with Crippen LogP contribution in [0, 0.1) is 5.82 Å². The summed E-state index contributed by atoms with van der Waals surface area (Å²) in [6.07, 6.45) is 0.973. The second-order valence-electron chi connectivity index (χ2n) is 5.86. The molecule has 0 aliphatic rings. The number of sulfonamides is 1. The van der Waals surface area contributed by atoms with Gasteiger partial charge in [-0.2, -0.15) is 0 Å². The van der Waals surface area contributed by atoms with Crippen LogP contribution in [0.1, 0.15) is 0 Å². The van der Waals surface area contributed by atoms with Crippen molar-refractivity contribution in [2.75, 3.05) is 22.4 Å². The largest absolute Gasteiger partial charge is 0.324 e. The Morgan fingerprint density at radius 3 is 2.42 bits per heavy atom. The summed E-state index contributed by atoms with van der Waals surface area (Å²) in [5.74, 6) is -1.10. The minimum Gasteiger partial charge on any atom is -0.324 e. The summed E-state index contributed by atoms with van der Waals surface area (Å²) in [5.41, 5.74) is 0.655. The molecular formula is C19H17FN2O3S. The average molecular weight is 372 g/mol. The fourth-order valence-electron chi connectivity index (χ4n) is 2.63. The zero-order valence-corrected chi connectivity index (χ0v) is 14.8. The maximum absolute atomic E-state index is 13.4. The van der Waals surface area contributed by atoms with Crippen LogP contribution >= 0.6 is 0 Å². The first-order valence-electron chi connectivity index (χ1n) is 7.85. The molecule has 0 aliphatic heterocycles. The Labute approximate surface area is 151 Å². The molecule has 1 N–H and O–H groups in total. The first kappa shape index (κ1) is 17.9. The maximum atomic E-state index is 13.4. The second-order valence-corrected chi connectivity index (χ2v) is 7.77. The van der Waals surface area contributed by atoms with Gasteiger partial charge in [0, 0.05) is 5.69 Å². The monoisotopic (exact) mass is 372 g/mol. The lowest BCUT2D eigenvalue weighted by molar-refractivity contribution is -0.114. The van der Waals surface area contributed by atoms with Crippen LogP contribution in [0.5, 0.6) is 0 Å². The van der Waals surface area contributed by atoms with Gasteiger partial charge in [-0.1, -0.05) is 36.4 Å². The average Bonchev–Trinajstić information content (AvgIpc) is 2.58. The van der Waals surface area contributed by atoms with Gasteiger partial charge >= 0.3 is 0 Å². The lowest BCUT2D eigenvalue weighted by Crippen LogP contribution is -2.37. The number of benzene rings is 3. The SMILES string of the molecule is CS(=O)(=O)N(CC(=O)Nc1ccc2ccccc2c1)c1cccc(F)c1. The fourth-order valence-corrected chi connectivity index (χ4v) is 3.48. The number of rotatable bonds is 5. The minimum absolute atomic E-state index is 0.0983. The topological polar surface area (TPSA) is 66.5 Å². The normalized spacial score (nSPS) is 11.3. The van der Waals surface area contributed by atoms with E-state index in [1.54, 1.807) is 12.1 Å². The predicted molar refractivity (Wildman–Crippen MR) is 101 cm³/mol. The summed E-state index contributed by atoms with van der Waals surface area (Å²) < 4.78 is 38.4. The molecule has 0 unspecified atom stereocenters. The number of anilines is 2. The molecule has 3 aromatic carbocycles. The molecule has 134 valence electrons. The fraction of sp³-hybridized carbons (Fsp3) is 0.105. The van der Waals surface area contributed by atoms with E-state index in [9.17, 15) is 17.6 Å². The highest BCUT2D eigenvalue weighted by molar-refractivity contribution is 7.92. The Morgan fingerprint density at radius 2 is 1.73 bits per heavy atom. The van der Waals surface area contributed by atoms with Crippen molar-refractivity contribution in [2.24, 2.45) is 0 Å². The molecule has 0 fully saturated rings. The van der Waals surface area contributed by atoms with E-state index in [0.717, 1.165) is 27.4 Å². The van der Waals surface area contributed by atoms with Crippen molar-refractivity contribution in [3.63, 3.8) is 0 Å². The highest BCUT2D eigenvalue weighted by Gasteiger charge is 2.21. The number of nitrogens with one attached hydrogen (secondary N) is 1. The van der Waals surface area contributed by atoms with E-state index in [1.165, 1.54) is 18.2 Å². The van der Waals surface area contributed by atoms with Gasteiger partial charge in [0.25, 0.3) is 0 Å². The van der Waals surface area contributed by atoms with Gasteiger partial charge in [0.1, 0.15) is 12.4 Å². The molecule has 5 nitrogen and oxygen atoms in total. The highest BCUT2D eigenvalue weighted by Crippen LogP contribution is 2.21. The quantitative estimate of drug-likeness (QED) is 0.747. The zero-order valence-electron chi connectivity index (χ0n) is 14.0. The Bertz CT molecular complexity index is 1070. The Morgan fingerprint density at radius 1 is 1.00 bits per heavy atom. The molecule has 1 amide bonds. The number of amides is 1. The van der Waals surface area contributed by atoms with E-state index in [2.05, 4.69) is 5.32 Å². The van der Waals surface area contributed by atoms with Crippen molar-refractivity contribution in [3.05, 3.63) is 72.5 Å². The van der Waals surface area contributed by atoms with E-state index >= 15 is 0 Å². The molecule has 0 bridgehead atoms. The zero-order chi connectivity index (χ0) is 18.7. The number of hydrogen-bond donors (Lipinski definition) is 1. The minimum atomic E-state index is -3.75. The van der Waals surface area contributed by atoms with Crippen molar-refractivity contribution in [1.82, 2.24) is 0 Å². The van der Waals surface area contributed by atoms with Crippen molar-refractivity contribution in [2.45, 2.75) is 0 Å². The summed E-state index contributed by atoms with van der Waals surface area (Å²) in [7, 11) is -3.75. The number of hydrogen-bond acceptors (Lipinski definition) is 3. The molecule has 7 heteroatoms. The molecule has 0 aliphatic carbocycles. The van der Waals surface area contributed by atoms with Gasteiger partial charge in [-0.3, -0.25) is 9.10 Å². The Balaban J connectivity index is 1.81. The van der Waals surface area contributed by atoms with Crippen LogP contribution in [0.15, 0.2) is 66.7 Å². The molecule has 3 aromatic rings. The Kier molecular flexibility index (Phi) is 4.90. The van der Waals surface area contributed by atoms with Crippen molar-refractivity contribution >= 4 is 38.1 Å². The standard InChI is InChI=1S/C19H17FN2O3S/c1-26(24,25)22(18-8-4-7-16(20)12-18)13-19(23)21-17-10-9-14-5-2-3-6-15(14)11-17/h2-12H,13H2,1H3,(H,21,23). The smallest absolute Gasteiger partial charge is 0.245 e. The van der Waals surface area contributed by atoms with Crippen LogP contribution in [-0.2, 0) is 14.8 Å². The number of nitrogens with zero attached hydrogens (tertiary/aromatic N) is 1. The van der Waals surface area contributed by atoms with Crippen molar-refractivity contribution < 1.29 is 17.6 Å². The first-order chi connectivity index (χ1) is 12.3. The Hall–Kier alpha value is -2.93. The molecule has 26 heavy (non-hydrogen) atoms. The predicted octanol–water partition coefficient (Wildman–Crippen LogP) is 3.38. The molecule has 3 rings (SSSR count). The van der Waals surface area contributed by atoms with Crippen LogP contribution in [-0.4, -0.2) is 27.1 Å². The van der Waals surface area contributed by atoms with Gasteiger partial charge in [0.15, 0.2) is 0 Å². The molecule has 0 saturated carbocycles. The molecule has 0 spiro atoms. The van der Waals surface area contributed by atoms with E-state index in [0.29, 0.717) is 5.69 Å². The van der Waals surface area contributed by atoms with E-state index in [-0.39, 0.29) is 5.69 Å². The molecule has 0 radical (unpaired) electrons. The van der Waals surface area contributed by atoms with Crippen LogP contribution in [0.25, 0.3) is 10.8 Å². The first-order valence-corrected chi connectivity index (χ1v) is 9.70. The van der Waals surface area contributed by atoms with Gasteiger partial charge < -0.3 is 5.32 Å². The molecule has 0 aromatic heterocycles. The summed E-state index contributed by atoms with van der Waals surface area (Å²) in [4.78, 5) is 12.4. The van der Waals surface area contributed by atoms with Gasteiger partial charge in [-0.15, -0.1) is 0 Å². The number of halogens is 1. The lowest BCUT2D eigenvalue weighted by atomic mass is 10.1. The van der Waals surface area contributed by atoms with Crippen LogP contribution in [0.2, 0.25) is 0 Å². The van der Waals surface area contributed by atoms with Crippen LogP contribution in [0.3, 0.4) is 0 Å². The summed E-state index contributed by atoms with van der Waals surface area (Å²) in [5, 5.41) is 4.67. The summed E-state index contributed by atoms with van der Waals surface area (Å²) in [6.45, 7) is -0.449. The van der Waals surface area contributed by atoms with Crippen LogP contribution in [0.4, 0.5) is 15.8 Å². The molecule has 0 saturated heterocycles. The summed E-state index contributed by atoms with van der Waals surface area (Å²) >= 11 is 0. The number of carbonyl (C=O) groups is 1. The third-order valence-corrected chi connectivity index (χ3v) is 4.96. The highest BCUT2D eigenvalue weighted by atomic mass is 32.2. The van der Waals surface area contributed by atoms with Gasteiger partial charge in [0.2, 0.25) is 15.9 Å². The summed E-state index contributed by atoms with van der Waals surface area (Å²) in [6, 6.07) is 18.2. The molecular weight excluding hydrogens is 355 g/mol. The maximum Gasteiger partial charge on any atom is 0.245 e. The second kappa shape index (κ2) is 7.13.